The van der Waals surface area contributed by atoms with Crippen LogP contribution >= 0.6 is 0 Å². The average molecular weight is 306 g/mol. The zero-order valence-electron chi connectivity index (χ0n) is 11.3. The molecule has 1 aromatic carbocycles. The molecule has 1 amide bonds. The molecule has 6 nitrogen and oxygen atoms in total. The number of carbonyl (C=O) groups is 1. The Balaban J connectivity index is 2.21. The fraction of sp³-hybridized carbons (Fsp3) is 0.143. The number of amides is 1. The van der Waals surface area contributed by atoms with Crippen LogP contribution in [0, 0.1) is 0 Å². The van der Waals surface area contributed by atoms with E-state index < -0.39 is 22.0 Å². The Morgan fingerprint density at radius 1 is 1.19 bits per heavy atom. The summed E-state index contributed by atoms with van der Waals surface area (Å²) in [5.74, 6) is -0.757. The fourth-order valence-corrected chi connectivity index (χ4v) is 2.72. The zero-order chi connectivity index (χ0) is 15.3. The van der Waals surface area contributed by atoms with E-state index in [1.807, 2.05) is 4.72 Å². The predicted octanol–water partition coefficient (Wildman–Crippen LogP) is 1.27. The highest BCUT2D eigenvalue weighted by molar-refractivity contribution is 7.90. The summed E-state index contributed by atoms with van der Waals surface area (Å²) in [4.78, 5) is 15.8. The van der Waals surface area contributed by atoms with Gasteiger partial charge in [0.2, 0.25) is 0 Å². The summed E-state index contributed by atoms with van der Waals surface area (Å²) in [5, 5.41) is 0. The first-order valence-corrected chi connectivity index (χ1v) is 7.57. The Hall–Kier alpha value is -2.25. The second-order valence-electron chi connectivity index (χ2n) is 4.18. The Morgan fingerprint density at radius 3 is 2.48 bits per heavy atom. The number of aromatic nitrogens is 1. The Kier molecular flexibility index (Phi) is 4.66. The number of benzene rings is 1. The first-order chi connectivity index (χ1) is 10.0. The van der Waals surface area contributed by atoms with Crippen LogP contribution in [0.5, 0.6) is 0 Å². The average Bonchev–Trinajstić information content (AvgIpc) is 2.49. The summed E-state index contributed by atoms with van der Waals surface area (Å²) in [6, 6.07) is 11.5. The number of nitrogens with zero attached hydrogens (tertiary/aromatic N) is 1. The molecule has 0 fully saturated rings. The molecular weight excluding hydrogens is 292 g/mol. The fourth-order valence-electron chi connectivity index (χ4n) is 1.77. The lowest BCUT2D eigenvalue weighted by atomic mass is 10.1. The first-order valence-electron chi connectivity index (χ1n) is 6.09. The molecule has 0 radical (unpaired) electrons. The molecule has 1 aromatic heterocycles. The van der Waals surface area contributed by atoms with Gasteiger partial charge < -0.3 is 4.74 Å². The van der Waals surface area contributed by atoms with Crippen molar-refractivity contribution >= 4 is 15.9 Å². The summed E-state index contributed by atoms with van der Waals surface area (Å²) < 4.78 is 31.2. The minimum atomic E-state index is -3.96. The lowest BCUT2D eigenvalue weighted by Gasteiger charge is -2.15. The summed E-state index contributed by atoms with van der Waals surface area (Å²) >= 11 is 0. The van der Waals surface area contributed by atoms with Gasteiger partial charge in [-0.15, -0.1) is 0 Å². The van der Waals surface area contributed by atoms with Crippen LogP contribution in [0.3, 0.4) is 0 Å². The molecule has 0 aliphatic rings. The number of rotatable bonds is 5. The van der Waals surface area contributed by atoms with Crippen LogP contribution in [0.4, 0.5) is 0 Å². The molecule has 2 aromatic rings. The molecule has 0 aliphatic carbocycles. The molecule has 0 aliphatic heterocycles. The summed E-state index contributed by atoms with van der Waals surface area (Å²) in [7, 11) is -2.62. The van der Waals surface area contributed by atoms with Crippen LogP contribution in [0.25, 0.3) is 0 Å². The van der Waals surface area contributed by atoms with E-state index in [4.69, 9.17) is 4.74 Å². The standard InChI is InChI=1S/C14H14N2O4S/c1-20-13(11-6-3-2-4-7-11)14(17)16-21(18,19)12-8-5-9-15-10-12/h2-10,13H,1H3,(H,16,17). The van der Waals surface area contributed by atoms with Crippen LogP contribution in [-0.4, -0.2) is 26.4 Å². The summed E-state index contributed by atoms with van der Waals surface area (Å²) in [6.45, 7) is 0. The quantitative estimate of drug-likeness (QED) is 0.899. The Labute approximate surface area is 122 Å². The van der Waals surface area contributed by atoms with E-state index in [-0.39, 0.29) is 4.90 Å². The van der Waals surface area contributed by atoms with Crippen LogP contribution in [0.1, 0.15) is 11.7 Å². The predicted molar refractivity (Wildman–Crippen MR) is 75.8 cm³/mol. The maximum atomic E-state index is 12.1. The number of pyridine rings is 1. The van der Waals surface area contributed by atoms with E-state index in [0.717, 1.165) is 0 Å². The molecule has 1 N–H and O–H groups in total. The van der Waals surface area contributed by atoms with Gasteiger partial charge in [0.15, 0.2) is 6.10 Å². The van der Waals surface area contributed by atoms with Crippen molar-refractivity contribution in [3.8, 4) is 0 Å². The van der Waals surface area contributed by atoms with Crippen LogP contribution in [0.2, 0.25) is 0 Å². The summed E-state index contributed by atoms with van der Waals surface area (Å²) in [5.41, 5.74) is 0.568. The largest absolute Gasteiger partial charge is 0.367 e. The van der Waals surface area contributed by atoms with Crippen molar-refractivity contribution in [2.24, 2.45) is 0 Å². The molecule has 0 spiro atoms. The van der Waals surface area contributed by atoms with Crippen LogP contribution in [-0.2, 0) is 19.6 Å². The molecular formula is C14H14N2O4S. The number of methoxy groups -OCH3 is 1. The third-order valence-electron chi connectivity index (χ3n) is 2.76. The number of hydrogen-bond acceptors (Lipinski definition) is 5. The normalized spacial score (nSPS) is 12.6. The number of ether oxygens (including phenoxy) is 1. The zero-order valence-corrected chi connectivity index (χ0v) is 12.1. The third-order valence-corrected chi connectivity index (χ3v) is 4.09. The van der Waals surface area contributed by atoms with E-state index >= 15 is 0 Å². The molecule has 0 bridgehead atoms. The van der Waals surface area contributed by atoms with Gasteiger partial charge in [0.1, 0.15) is 4.90 Å². The molecule has 1 heterocycles. The van der Waals surface area contributed by atoms with Gasteiger partial charge in [-0.2, -0.15) is 0 Å². The maximum absolute atomic E-state index is 12.1. The van der Waals surface area contributed by atoms with Gasteiger partial charge in [-0.05, 0) is 17.7 Å². The smallest absolute Gasteiger partial charge is 0.267 e. The lowest BCUT2D eigenvalue weighted by molar-refractivity contribution is -0.129. The van der Waals surface area contributed by atoms with Gasteiger partial charge in [0.25, 0.3) is 15.9 Å². The van der Waals surface area contributed by atoms with E-state index in [9.17, 15) is 13.2 Å². The van der Waals surface area contributed by atoms with Gasteiger partial charge >= 0.3 is 0 Å². The van der Waals surface area contributed by atoms with Gasteiger partial charge in [-0.3, -0.25) is 9.78 Å². The van der Waals surface area contributed by atoms with E-state index in [1.165, 1.54) is 31.6 Å². The Bertz CT molecular complexity index is 702. The van der Waals surface area contributed by atoms with Crippen LogP contribution < -0.4 is 4.72 Å². The van der Waals surface area contributed by atoms with E-state index in [0.29, 0.717) is 5.56 Å². The second kappa shape index (κ2) is 6.47. The second-order valence-corrected chi connectivity index (χ2v) is 5.87. The number of carbonyl (C=O) groups excluding carboxylic acids is 1. The number of nitrogens with one attached hydrogen (secondary N) is 1. The minimum Gasteiger partial charge on any atom is -0.367 e. The Morgan fingerprint density at radius 2 is 1.90 bits per heavy atom. The highest BCUT2D eigenvalue weighted by atomic mass is 32.2. The van der Waals surface area contributed by atoms with E-state index in [1.54, 1.807) is 30.3 Å². The molecule has 0 saturated heterocycles. The lowest BCUT2D eigenvalue weighted by Crippen LogP contribution is -2.35. The van der Waals surface area contributed by atoms with Crippen molar-refractivity contribution in [2.75, 3.05) is 7.11 Å². The molecule has 21 heavy (non-hydrogen) atoms. The highest BCUT2D eigenvalue weighted by Crippen LogP contribution is 2.17. The molecule has 1 unspecified atom stereocenters. The van der Waals surface area contributed by atoms with Gasteiger partial charge in [0, 0.05) is 19.5 Å². The SMILES string of the molecule is COC(C(=O)NS(=O)(=O)c1cccnc1)c1ccccc1. The monoisotopic (exact) mass is 306 g/mol. The highest BCUT2D eigenvalue weighted by Gasteiger charge is 2.25. The first kappa shape index (κ1) is 15.1. The van der Waals surface area contributed by atoms with Crippen molar-refractivity contribution < 1.29 is 17.9 Å². The van der Waals surface area contributed by atoms with Crippen molar-refractivity contribution in [3.05, 3.63) is 60.4 Å². The van der Waals surface area contributed by atoms with Gasteiger partial charge in [-0.1, -0.05) is 30.3 Å². The minimum absolute atomic E-state index is 0.0822. The van der Waals surface area contributed by atoms with Crippen molar-refractivity contribution in [3.63, 3.8) is 0 Å². The maximum Gasteiger partial charge on any atom is 0.267 e. The van der Waals surface area contributed by atoms with Gasteiger partial charge in [0.05, 0.1) is 0 Å². The molecule has 1 atom stereocenters. The third kappa shape index (κ3) is 3.65. The van der Waals surface area contributed by atoms with Gasteiger partial charge in [-0.25, -0.2) is 13.1 Å². The molecule has 2 rings (SSSR count). The topological polar surface area (TPSA) is 85.4 Å². The van der Waals surface area contributed by atoms with Crippen molar-refractivity contribution in [1.82, 2.24) is 9.71 Å². The summed E-state index contributed by atoms with van der Waals surface area (Å²) in [6.07, 6.45) is 1.61. The molecule has 0 saturated carbocycles. The molecule has 110 valence electrons. The molecule has 7 heteroatoms. The van der Waals surface area contributed by atoms with Crippen LogP contribution in [0.15, 0.2) is 59.8 Å². The number of sulfonamides is 1. The van der Waals surface area contributed by atoms with Crippen molar-refractivity contribution in [2.45, 2.75) is 11.0 Å². The number of hydrogen-bond donors (Lipinski definition) is 1. The van der Waals surface area contributed by atoms with Crippen molar-refractivity contribution in [1.29, 1.82) is 0 Å². The van der Waals surface area contributed by atoms with E-state index in [2.05, 4.69) is 4.98 Å².